The van der Waals surface area contributed by atoms with Gasteiger partial charge in [-0.1, -0.05) is 18.7 Å². The monoisotopic (exact) mass is 252 g/mol. The van der Waals surface area contributed by atoms with Gasteiger partial charge in [0.25, 0.3) is 5.56 Å². The van der Waals surface area contributed by atoms with Gasteiger partial charge in [-0.25, -0.2) is 4.98 Å². The molecule has 6 heteroatoms. The molecule has 0 fully saturated rings. The molecule has 17 heavy (non-hydrogen) atoms. The number of aromatic nitrogens is 2. The summed E-state index contributed by atoms with van der Waals surface area (Å²) in [6.07, 6.45) is 0.729. The SMILES string of the molecule is CCNC(C#N)CCSc1nc(C)cc(=O)[nH]1. The quantitative estimate of drug-likeness (QED) is 0.584. The number of H-pyrrole nitrogens is 1. The van der Waals surface area contributed by atoms with Crippen molar-refractivity contribution in [2.24, 2.45) is 0 Å². The lowest BCUT2D eigenvalue weighted by Crippen LogP contribution is -2.27. The average molecular weight is 252 g/mol. The summed E-state index contributed by atoms with van der Waals surface area (Å²) in [7, 11) is 0. The van der Waals surface area contributed by atoms with Crippen LogP contribution in [0.5, 0.6) is 0 Å². The molecule has 0 saturated carbocycles. The molecule has 0 aliphatic heterocycles. The van der Waals surface area contributed by atoms with E-state index in [0.717, 1.165) is 18.7 Å². The van der Waals surface area contributed by atoms with Gasteiger partial charge in [0, 0.05) is 17.5 Å². The maximum absolute atomic E-state index is 11.2. The van der Waals surface area contributed by atoms with E-state index in [2.05, 4.69) is 21.4 Å². The normalized spacial score (nSPS) is 12.1. The highest BCUT2D eigenvalue weighted by atomic mass is 32.2. The zero-order chi connectivity index (χ0) is 12.7. The van der Waals surface area contributed by atoms with Crippen LogP contribution in [0.15, 0.2) is 16.0 Å². The van der Waals surface area contributed by atoms with Crippen LogP contribution in [0.25, 0.3) is 0 Å². The Morgan fingerprint density at radius 3 is 3.06 bits per heavy atom. The molecule has 0 aliphatic rings. The van der Waals surface area contributed by atoms with Crippen LogP contribution in [-0.4, -0.2) is 28.3 Å². The van der Waals surface area contributed by atoms with Gasteiger partial charge in [0.05, 0.1) is 12.1 Å². The third-order valence-electron chi connectivity index (χ3n) is 2.10. The first kappa shape index (κ1) is 13.7. The Kier molecular flexibility index (Phi) is 5.73. The summed E-state index contributed by atoms with van der Waals surface area (Å²) in [4.78, 5) is 18.1. The summed E-state index contributed by atoms with van der Waals surface area (Å²) in [5, 5.41) is 12.5. The molecule has 1 atom stereocenters. The number of thioether (sulfide) groups is 1. The van der Waals surface area contributed by atoms with E-state index in [9.17, 15) is 4.79 Å². The fourth-order valence-electron chi connectivity index (χ4n) is 1.35. The first-order valence-electron chi connectivity index (χ1n) is 5.49. The minimum atomic E-state index is -0.136. The second kappa shape index (κ2) is 7.09. The summed E-state index contributed by atoms with van der Waals surface area (Å²) in [5.41, 5.74) is 0.572. The van der Waals surface area contributed by atoms with E-state index in [4.69, 9.17) is 5.26 Å². The van der Waals surface area contributed by atoms with Gasteiger partial charge in [-0.3, -0.25) is 4.79 Å². The second-order valence-electron chi connectivity index (χ2n) is 3.57. The lowest BCUT2D eigenvalue weighted by Gasteiger charge is -2.08. The highest BCUT2D eigenvalue weighted by molar-refractivity contribution is 7.99. The van der Waals surface area contributed by atoms with E-state index in [-0.39, 0.29) is 11.6 Å². The van der Waals surface area contributed by atoms with Crippen molar-refractivity contribution in [2.45, 2.75) is 31.5 Å². The molecule has 1 rings (SSSR count). The Labute approximate surface area is 105 Å². The van der Waals surface area contributed by atoms with Crippen molar-refractivity contribution in [3.63, 3.8) is 0 Å². The molecule has 2 N–H and O–H groups in total. The minimum Gasteiger partial charge on any atom is -0.302 e. The van der Waals surface area contributed by atoms with Gasteiger partial charge in [-0.2, -0.15) is 5.26 Å². The van der Waals surface area contributed by atoms with Crippen molar-refractivity contribution in [1.82, 2.24) is 15.3 Å². The molecule has 0 spiro atoms. The highest BCUT2D eigenvalue weighted by Crippen LogP contribution is 2.13. The maximum atomic E-state index is 11.2. The number of nitrogens with zero attached hydrogens (tertiary/aromatic N) is 2. The number of rotatable bonds is 6. The van der Waals surface area contributed by atoms with Crippen LogP contribution >= 0.6 is 11.8 Å². The van der Waals surface area contributed by atoms with Crippen molar-refractivity contribution >= 4 is 11.8 Å². The lowest BCUT2D eigenvalue weighted by molar-refractivity contribution is 0.612. The molecule has 0 saturated heterocycles. The highest BCUT2D eigenvalue weighted by Gasteiger charge is 2.06. The molecule has 1 aromatic rings. The number of nitriles is 1. The van der Waals surface area contributed by atoms with Crippen LogP contribution in [0.2, 0.25) is 0 Å². The van der Waals surface area contributed by atoms with Crippen molar-refractivity contribution in [2.75, 3.05) is 12.3 Å². The number of aromatic amines is 1. The number of hydrogen-bond donors (Lipinski definition) is 2. The molecular weight excluding hydrogens is 236 g/mol. The van der Waals surface area contributed by atoms with Crippen molar-refractivity contribution < 1.29 is 0 Å². The maximum Gasteiger partial charge on any atom is 0.251 e. The number of nitrogens with one attached hydrogen (secondary N) is 2. The standard InChI is InChI=1S/C11H16N4OS/c1-3-13-9(7-12)4-5-17-11-14-8(2)6-10(16)15-11/h6,9,13H,3-5H2,1-2H3,(H,14,15,16). The molecule has 5 nitrogen and oxygen atoms in total. The molecular formula is C11H16N4OS. The van der Waals surface area contributed by atoms with Crippen LogP contribution in [0.1, 0.15) is 19.0 Å². The average Bonchev–Trinajstić information content (AvgIpc) is 2.26. The predicted octanol–water partition coefficient (Wildman–Crippen LogP) is 1.06. The predicted molar refractivity (Wildman–Crippen MR) is 68.0 cm³/mol. The Morgan fingerprint density at radius 2 is 2.47 bits per heavy atom. The van der Waals surface area contributed by atoms with Crippen LogP contribution < -0.4 is 10.9 Å². The van der Waals surface area contributed by atoms with E-state index in [1.54, 1.807) is 6.92 Å². The van der Waals surface area contributed by atoms with Gasteiger partial charge in [0.2, 0.25) is 0 Å². The molecule has 1 aromatic heterocycles. The van der Waals surface area contributed by atoms with Crippen molar-refractivity contribution in [1.29, 1.82) is 5.26 Å². The van der Waals surface area contributed by atoms with Crippen molar-refractivity contribution in [3.05, 3.63) is 22.1 Å². The molecule has 1 unspecified atom stereocenters. The third kappa shape index (κ3) is 5.02. The zero-order valence-electron chi connectivity index (χ0n) is 9.99. The summed E-state index contributed by atoms with van der Waals surface area (Å²) in [6.45, 7) is 4.54. The summed E-state index contributed by atoms with van der Waals surface area (Å²) in [5.74, 6) is 0.748. The van der Waals surface area contributed by atoms with Gasteiger partial charge in [-0.15, -0.1) is 0 Å². The molecule has 1 heterocycles. The van der Waals surface area contributed by atoms with E-state index < -0.39 is 0 Å². The van der Waals surface area contributed by atoms with E-state index in [1.807, 2.05) is 6.92 Å². The summed E-state index contributed by atoms with van der Waals surface area (Å²) in [6, 6.07) is 3.52. The van der Waals surface area contributed by atoms with Crippen LogP contribution in [0.4, 0.5) is 0 Å². The van der Waals surface area contributed by atoms with E-state index in [1.165, 1.54) is 17.8 Å². The van der Waals surface area contributed by atoms with Crippen molar-refractivity contribution in [3.8, 4) is 6.07 Å². The zero-order valence-corrected chi connectivity index (χ0v) is 10.8. The molecule has 92 valence electrons. The van der Waals surface area contributed by atoms with Gasteiger partial charge >= 0.3 is 0 Å². The van der Waals surface area contributed by atoms with E-state index >= 15 is 0 Å². The topological polar surface area (TPSA) is 81.6 Å². The Morgan fingerprint density at radius 1 is 1.71 bits per heavy atom. The molecule has 0 aliphatic carbocycles. The van der Waals surface area contributed by atoms with Crippen LogP contribution in [-0.2, 0) is 0 Å². The van der Waals surface area contributed by atoms with Gasteiger partial charge in [0.1, 0.15) is 0 Å². The summed E-state index contributed by atoms with van der Waals surface area (Å²) < 4.78 is 0. The van der Waals surface area contributed by atoms with Gasteiger partial charge in [-0.05, 0) is 19.9 Å². The Bertz CT molecular complexity index is 452. The van der Waals surface area contributed by atoms with Gasteiger partial charge in [0.15, 0.2) is 5.16 Å². The lowest BCUT2D eigenvalue weighted by atomic mass is 10.2. The molecule has 0 aromatic carbocycles. The molecule has 0 radical (unpaired) electrons. The minimum absolute atomic E-state index is 0.135. The number of aryl methyl sites for hydroxylation is 1. The third-order valence-corrected chi connectivity index (χ3v) is 3.01. The first-order chi connectivity index (χ1) is 8.15. The van der Waals surface area contributed by atoms with Gasteiger partial charge < -0.3 is 10.3 Å². The van der Waals surface area contributed by atoms with E-state index in [0.29, 0.717) is 10.9 Å². The summed E-state index contributed by atoms with van der Waals surface area (Å²) >= 11 is 1.46. The second-order valence-corrected chi connectivity index (χ2v) is 4.65. The smallest absolute Gasteiger partial charge is 0.251 e. The molecule has 0 amide bonds. The molecule has 0 bridgehead atoms. The van der Waals surface area contributed by atoms with Crippen LogP contribution in [0, 0.1) is 18.3 Å². The number of hydrogen-bond acceptors (Lipinski definition) is 5. The van der Waals surface area contributed by atoms with Crippen LogP contribution in [0.3, 0.4) is 0 Å². The fourth-order valence-corrected chi connectivity index (χ4v) is 2.28. The Balaban J connectivity index is 2.45. The fraction of sp³-hybridized carbons (Fsp3) is 0.545. The Hall–Kier alpha value is -1.32. The first-order valence-corrected chi connectivity index (χ1v) is 6.48. The largest absolute Gasteiger partial charge is 0.302 e.